The SMILES string of the molecule is CCCc1nc(N2CCC(C)CC2C)sc1CNCC. The van der Waals surface area contributed by atoms with E-state index in [0.29, 0.717) is 6.04 Å². The van der Waals surface area contributed by atoms with E-state index in [1.54, 1.807) is 0 Å². The van der Waals surface area contributed by atoms with E-state index in [0.717, 1.165) is 25.4 Å². The molecule has 2 rings (SSSR count). The Hall–Kier alpha value is -0.610. The van der Waals surface area contributed by atoms with Crippen LogP contribution in [0.1, 0.15) is 57.5 Å². The van der Waals surface area contributed by atoms with Crippen molar-refractivity contribution >= 4 is 16.5 Å². The van der Waals surface area contributed by atoms with Crippen LogP contribution in [-0.4, -0.2) is 24.1 Å². The van der Waals surface area contributed by atoms with Gasteiger partial charge in [-0.05, 0) is 38.6 Å². The molecule has 2 unspecified atom stereocenters. The Balaban J connectivity index is 2.14. The first kappa shape index (κ1) is 15.8. The van der Waals surface area contributed by atoms with Crippen molar-refractivity contribution in [3.63, 3.8) is 0 Å². The predicted octanol–water partition coefficient (Wildman–Crippen LogP) is 3.83. The molecular formula is C16H29N3S. The van der Waals surface area contributed by atoms with Crippen LogP contribution in [-0.2, 0) is 13.0 Å². The first-order chi connectivity index (χ1) is 9.65. The van der Waals surface area contributed by atoms with Crippen LogP contribution in [0.4, 0.5) is 5.13 Å². The standard InChI is InChI=1S/C16H29N3S/c1-5-7-14-15(11-17-6-2)20-16(18-14)19-9-8-12(3)10-13(19)4/h12-13,17H,5-11H2,1-4H3. The van der Waals surface area contributed by atoms with Gasteiger partial charge in [-0.15, -0.1) is 11.3 Å². The largest absolute Gasteiger partial charge is 0.345 e. The lowest BCUT2D eigenvalue weighted by Gasteiger charge is -2.36. The number of aryl methyl sites for hydroxylation is 1. The highest BCUT2D eigenvalue weighted by Crippen LogP contribution is 2.33. The minimum atomic E-state index is 0.631. The van der Waals surface area contributed by atoms with Crippen molar-refractivity contribution in [1.82, 2.24) is 10.3 Å². The summed E-state index contributed by atoms with van der Waals surface area (Å²) in [6.07, 6.45) is 4.88. The quantitative estimate of drug-likeness (QED) is 0.864. The van der Waals surface area contributed by atoms with E-state index >= 15 is 0 Å². The van der Waals surface area contributed by atoms with Gasteiger partial charge in [-0.1, -0.05) is 27.2 Å². The second-order valence-corrected chi connectivity index (χ2v) is 7.13. The third-order valence-corrected chi connectivity index (χ3v) is 5.31. The fourth-order valence-corrected chi connectivity index (χ4v) is 4.20. The molecule has 2 atom stereocenters. The lowest BCUT2D eigenvalue weighted by Crippen LogP contribution is -2.40. The van der Waals surface area contributed by atoms with Crippen LogP contribution in [0.5, 0.6) is 0 Å². The summed E-state index contributed by atoms with van der Waals surface area (Å²) in [5.74, 6) is 0.859. The van der Waals surface area contributed by atoms with E-state index in [-0.39, 0.29) is 0 Å². The molecule has 1 aromatic heterocycles. The van der Waals surface area contributed by atoms with Gasteiger partial charge in [-0.25, -0.2) is 4.98 Å². The number of hydrogen-bond acceptors (Lipinski definition) is 4. The topological polar surface area (TPSA) is 28.2 Å². The Kier molecular flexibility index (Phi) is 5.85. The monoisotopic (exact) mass is 295 g/mol. The fraction of sp³-hybridized carbons (Fsp3) is 0.812. The number of rotatable bonds is 6. The van der Waals surface area contributed by atoms with Gasteiger partial charge in [0.05, 0.1) is 5.69 Å². The van der Waals surface area contributed by atoms with Gasteiger partial charge in [0.2, 0.25) is 0 Å². The minimum absolute atomic E-state index is 0.631. The first-order valence-electron chi connectivity index (χ1n) is 8.11. The molecule has 1 N–H and O–H groups in total. The van der Waals surface area contributed by atoms with E-state index in [1.165, 1.54) is 41.5 Å². The number of aromatic nitrogens is 1. The smallest absolute Gasteiger partial charge is 0.186 e. The molecule has 1 aromatic rings. The van der Waals surface area contributed by atoms with E-state index in [1.807, 2.05) is 11.3 Å². The van der Waals surface area contributed by atoms with E-state index in [9.17, 15) is 0 Å². The van der Waals surface area contributed by atoms with E-state index < -0.39 is 0 Å². The molecule has 3 nitrogen and oxygen atoms in total. The maximum Gasteiger partial charge on any atom is 0.186 e. The number of nitrogens with one attached hydrogen (secondary N) is 1. The Morgan fingerprint density at radius 3 is 2.80 bits per heavy atom. The highest BCUT2D eigenvalue weighted by molar-refractivity contribution is 7.15. The lowest BCUT2D eigenvalue weighted by molar-refractivity contribution is 0.377. The molecule has 0 aromatic carbocycles. The van der Waals surface area contributed by atoms with Crippen molar-refractivity contribution < 1.29 is 0 Å². The number of hydrogen-bond donors (Lipinski definition) is 1. The van der Waals surface area contributed by atoms with Gasteiger partial charge in [0, 0.05) is 24.0 Å². The zero-order chi connectivity index (χ0) is 14.5. The van der Waals surface area contributed by atoms with Crippen molar-refractivity contribution in [2.45, 2.75) is 66.0 Å². The summed E-state index contributed by atoms with van der Waals surface area (Å²) in [5.41, 5.74) is 1.32. The zero-order valence-corrected chi connectivity index (χ0v) is 14.2. The third kappa shape index (κ3) is 3.73. The van der Waals surface area contributed by atoms with Gasteiger partial charge in [0.15, 0.2) is 5.13 Å². The van der Waals surface area contributed by atoms with Crippen molar-refractivity contribution in [2.24, 2.45) is 5.92 Å². The molecule has 0 saturated carbocycles. The summed E-state index contributed by atoms with van der Waals surface area (Å²) >= 11 is 1.90. The molecular weight excluding hydrogens is 266 g/mol. The zero-order valence-electron chi connectivity index (χ0n) is 13.4. The number of nitrogens with zero attached hydrogens (tertiary/aromatic N) is 2. The average molecular weight is 295 g/mol. The van der Waals surface area contributed by atoms with Crippen LogP contribution in [0, 0.1) is 5.92 Å². The van der Waals surface area contributed by atoms with Gasteiger partial charge in [-0.2, -0.15) is 0 Å². The molecule has 4 heteroatoms. The number of thiazole rings is 1. The third-order valence-electron chi connectivity index (χ3n) is 4.17. The van der Waals surface area contributed by atoms with Crippen LogP contribution < -0.4 is 10.2 Å². The molecule has 1 aliphatic heterocycles. The molecule has 0 aliphatic carbocycles. The molecule has 20 heavy (non-hydrogen) atoms. The normalized spacial score (nSPS) is 23.3. The summed E-state index contributed by atoms with van der Waals surface area (Å²) in [4.78, 5) is 8.92. The molecule has 2 heterocycles. The minimum Gasteiger partial charge on any atom is -0.345 e. The molecule has 1 fully saturated rings. The van der Waals surface area contributed by atoms with Crippen LogP contribution in [0.15, 0.2) is 0 Å². The second-order valence-electron chi connectivity index (χ2n) is 6.07. The Bertz CT molecular complexity index is 416. The van der Waals surface area contributed by atoms with Gasteiger partial charge >= 0.3 is 0 Å². The Morgan fingerprint density at radius 1 is 1.35 bits per heavy atom. The lowest BCUT2D eigenvalue weighted by atomic mass is 9.94. The van der Waals surface area contributed by atoms with Gasteiger partial charge < -0.3 is 10.2 Å². The Morgan fingerprint density at radius 2 is 2.15 bits per heavy atom. The Labute approximate surface area is 127 Å². The summed E-state index contributed by atoms with van der Waals surface area (Å²) in [7, 11) is 0. The highest BCUT2D eigenvalue weighted by atomic mass is 32.1. The van der Waals surface area contributed by atoms with Crippen LogP contribution in [0.2, 0.25) is 0 Å². The summed E-state index contributed by atoms with van der Waals surface area (Å²) in [5, 5.41) is 4.70. The van der Waals surface area contributed by atoms with Crippen molar-refractivity contribution in [3.8, 4) is 0 Å². The maximum atomic E-state index is 4.96. The molecule has 0 radical (unpaired) electrons. The van der Waals surface area contributed by atoms with Crippen LogP contribution in [0.3, 0.4) is 0 Å². The van der Waals surface area contributed by atoms with Crippen LogP contribution >= 0.6 is 11.3 Å². The average Bonchev–Trinajstić information content (AvgIpc) is 2.80. The van der Waals surface area contributed by atoms with Gasteiger partial charge in [0.1, 0.15) is 0 Å². The molecule has 1 aliphatic rings. The number of piperidine rings is 1. The molecule has 0 amide bonds. The maximum absolute atomic E-state index is 4.96. The summed E-state index contributed by atoms with van der Waals surface area (Å²) in [6, 6.07) is 0.631. The van der Waals surface area contributed by atoms with Crippen molar-refractivity contribution in [2.75, 3.05) is 18.0 Å². The van der Waals surface area contributed by atoms with E-state index in [2.05, 4.69) is 37.9 Å². The first-order valence-corrected chi connectivity index (χ1v) is 8.93. The molecule has 114 valence electrons. The molecule has 1 saturated heterocycles. The molecule has 0 bridgehead atoms. The van der Waals surface area contributed by atoms with E-state index in [4.69, 9.17) is 4.98 Å². The van der Waals surface area contributed by atoms with Gasteiger partial charge in [0.25, 0.3) is 0 Å². The van der Waals surface area contributed by atoms with Gasteiger partial charge in [-0.3, -0.25) is 0 Å². The highest BCUT2D eigenvalue weighted by Gasteiger charge is 2.26. The van der Waals surface area contributed by atoms with Crippen LogP contribution in [0.25, 0.3) is 0 Å². The van der Waals surface area contributed by atoms with Crippen molar-refractivity contribution in [3.05, 3.63) is 10.6 Å². The summed E-state index contributed by atoms with van der Waals surface area (Å²) in [6.45, 7) is 12.3. The predicted molar refractivity (Wildman–Crippen MR) is 88.7 cm³/mol. The number of anilines is 1. The van der Waals surface area contributed by atoms with Crippen molar-refractivity contribution in [1.29, 1.82) is 0 Å². The fourth-order valence-electron chi connectivity index (χ4n) is 2.99. The summed E-state index contributed by atoms with van der Waals surface area (Å²) < 4.78 is 0. The molecule has 0 spiro atoms. The second kappa shape index (κ2) is 7.41.